The summed E-state index contributed by atoms with van der Waals surface area (Å²) in [6.07, 6.45) is -8.14. The topological polar surface area (TPSA) is 169 Å². The molecule has 1 aliphatic carbocycles. The summed E-state index contributed by atoms with van der Waals surface area (Å²) in [5.74, 6) is -0.998. The fourth-order valence-corrected chi connectivity index (χ4v) is 5.74. The van der Waals surface area contributed by atoms with Crippen LogP contribution in [0, 0.1) is 0 Å². The van der Waals surface area contributed by atoms with Gasteiger partial charge in [-0.1, -0.05) is 40.5 Å². The van der Waals surface area contributed by atoms with E-state index < -0.39 is 61.0 Å². The van der Waals surface area contributed by atoms with Crippen LogP contribution in [0.5, 0.6) is 11.5 Å². The van der Waals surface area contributed by atoms with E-state index in [1.165, 1.54) is 31.2 Å². The molecule has 0 radical (unpaired) electrons. The highest BCUT2D eigenvalue weighted by Gasteiger charge is 2.53. The van der Waals surface area contributed by atoms with Crippen LogP contribution in [0.15, 0.2) is 47.1 Å². The Morgan fingerprint density at radius 1 is 1.09 bits per heavy atom. The van der Waals surface area contributed by atoms with Crippen molar-refractivity contribution in [3.05, 3.63) is 63.1 Å². The number of aliphatic hydroxyl groups excluding tert-OH is 3. The lowest BCUT2D eigenvalue weighted by molar-refractivity contribution is -0.155. The average molecular weight is 672 g/mol. The minimum atomic E-state index is -1.52. The maximum atomic E-state index is 14.8. The first-order valence-corrected chi connectivity index (χ1v) is 14.8. The van der Waals surface area contributed by atoms with Gasteiger partial charge in [-0.25, -0.2) is 4.39 Å². The van der Waals surface area contributed by atoms with Gasteiger partial charge in [-0.3, -0.25) is 4.79 Å². The molecule has 12 nitrogen and oxygen atoms in total. The quantitative estimate of drug-likeness (QED) is 0.152. The Labute approximate surface area is 267 Å². The van der Waals surface area contributed by atoms with Crippen molar-refractivity contribution in [2.24, 2.45) is 5.16 Å². The molecule has 3 fully saturated rings. The number of nitrogens with zero attached hydrogens (tertiary/aromatic N) is 1. The van der Waals surface area contributed by atoms with E-state index in [0.717, 1.165) is 0 Å². The number of amides is 1. The van der Waals surface area contributed by atoms with E-state index >= 15 is 0 Å². The lowest BCUT2D eigenvalue weighted by Gasteiger charge is -2.41. The average Bonchev–Trinajstić information content (AvgIpc) is 3.64. The molecule has 0 aromatic heterocycles. The number of carbonyl (C=O) groups excluding carboxylic acids is 1. The first-order valence-electron chi connectivity index (χ1n) is 14.1. The largest absolute Gasteiger partial charge is 0.504 e. The van der Waals surface area contributed by atoms with Gasteiger partial charge < -0.3 is 49.5 Å². The minimum Gasteiger partial charge on any atom is -0.504 e. The Bertz CT molecular complexity index is 1460. The predicted octanol–water partition coefficient (Wildman–Crippen LogP) is 2.85. The molecule has 0 unspecified atom stereocenters. The Balaban J connectivity index is 1.16. The van der Waals surface area contributed by atoms with Crippen LogP contribution in [0.3, 0.4) is 0 Å². The highest BCUT2D eigenvalue weighted by molar-refractivity contribution is 6.35. The molecule has 2 aromatic rings. The van der Waals surface area contributed by atoms with Gasteiger partial charge in [-0.15, -0.1) is 0 Å². The highest BCUT2D eigenvalue weighted by atomic mass is 35.5. The van der Waals surface area contributed by atoms with Gasteiger partial charge >= 0.3 is 0 Å². The van der Waals surface area contributed by atoms with Crippen LogP contribution in [0.1, 0.15) is 31.4 Å². The Hall–Kier alpha value is -3.01. The van der Waals surface area contributed by atoms with Crippen LogP contribution in [0.2, 0.25) is 10.0 Å². The molecule has 244 valence electrons. The van der Waals surface area contributed by atoms with E-state index in [1.807, 2.05) is 0 Å². The van der Waals surface area contributed by atoms with E-state index in [1.54, 1.807) is 25.1 Å². The van der Waals surface area contributed by atoms with Crippen LogP contribution in [-0.2, 0) is 30.4 Å². The van der Waals surface area contributed by atoms with Crippen LogP contribution in [0.25, 0.3) is 6.08 Å². The molecule has 2 saturated heterocycles. The Kier molecular flexibility index (Phi) is 10.5. The second-order valence-corrected chi connectivity index (χ2v) is 11.9. The standard InChI is InChI=1S/C30H33Cl2FN2O10/c1-13(29(40)34-23-24(37)26(39)28-27(25(23)38)41-12-42-28)7-15-3-6-21(20(36)8-15)44-30-19(33)10-22(45-30)14(2)35-43-11-16-4-5-17(31)9-18(16)32/h3-9,19,22-28,30,36-39H,10-12H2,1-2H3,(H,34,40)/b13-7+,35-14+/t19-,22-,23+,24-,25+,26+,27-,28+,30+/m0/s1. The molecule has 2 aliphatic heterocycles. The van der Waals surface area contributed by atoms with Crippen molar-refractivity contribution in [3.8, 4) is 11.5 Å². The second-order valence-electron chi connectivity index (χ2n) is 11.0. The number of nitrogens with one attached hydrogen (secondary N) is 1. The number of hydrogen-bond acceptors (Lipinski definition) is 11. The normalized spacial score (nSPS) is 31.9. The van der Waals surface area contributed by atoms with Crippen molar-refractivity contribution in [2.45, 2.75) is 82.0 Å². The number of fused-ring (bicyclic) bond motifs is 1. The van der Waals surface area contributed by atoms with E-state index in [2.05, 4.69) is 10.5 Å². The number of phenolic OH excluding ortho intramolecular Hbond substituents is 1. The van der Waals surface area contributed by atoms with Crippen LogP contribution < -0.4 is 10.1 Å². The zero-order valence-electron chi connectivity index (χ0n) is 24.2. The van der Waals surface area contributed by atoms with E-state index in [4.69, 9.17) is 47.0 Å². The fourth-order valence-electron chi connectivity index (χ4n) is 5.28. The third kappa shape index (κ3) is 7.53. The number of carbonyl (C=O) groups is 1. The second kappa shape index (κ2) is 14.2. The van der Waals surface area contributed by atoms with Gasteiger partial charge in [0.2, 0.25) is 12.2 Å². The Morgan fingerprint density at radius 2 is 1.82 bits per heavy atom. The summed E-state index contributed by atoms with van der Waals surface area (Å²) in [5, 5.41) is 49.3. The SMILES string of the molecule is C/C(=C\c1ccc(O[C@@H]2O[C@H](/C(C)=N/OCc3ccc(Cl)cc3Cl)C[C@@H]2F)c(O)c1)C(=O)N[C@@H]1[C@H](O)[C@@H](O)[C@H]2OCO[C@H]2[C@@H]1O. The van der Waals surface area contributed by atoms with Gasteiger partial charge in [0.15, 0.2) is 17.7 Å². The van der Waals surface area contributed by atoms with Gasteiger partial charge in [0.25, 0.3) is 0 Å². The number of benzene rings is 2. The monoisotopic (exact) mass is 670 g/mol. The summed E-state index contributed by atoms with van der Waals surface area (Å²) in [6, 6.07) is 8.01. The van der Waals surface area contributed by atoms with Gasteiger partial charge in [0, 0.05) is 27.6 Å². The van der Waals surface area contributed by atoms with Crippen molar-refractivity contribution in [3.63, 3.8) is 0 Å². The zero-order chi connectivity index (χ0) is 32.4. The number of oxime groups is 1. The van der Waals surface area contributed by atoms with Crippen molar-refractivity contribution in [2.75, 3.05) is 6.79 Å². The molecular formula is C30H33Cl2FN2O10. The molecule has 1 amide bonds. The number of aromatic hydroxyl groups is 1. The fraction of sp³-hybridized carbons (Fsp3) is 0.467. The van der Waals surface area contributed by atoms with Crippen molar-refractivity contribution in [1.29, 1.82) is 0 Å². The van der Waals surface area contributed by atoms with E-state index in [0.29, 0.717) is 26.9 Å². The molecular weight excluding hydrogens is 638 g/mol. The van der Waals surface area contributed by atoms with Gasteiger partial charge in [0.05, 0.1) is 11.8 Å². The van der Waals surface area contributed by atoms with Crippen LogP contribution in [-0.4, -0.2) is 94.0 Å². The summed E-state index contributed by atoms with van der Waals surface area (Å²) < 4.78 is 36.6. The smallest absolute Gasteiger partial charge is 0.247 e. The molecule has 1 saturated carbocycles. The number of alkyl halides is 1. The van der Waals surface area contributed by atoms with Crippen molar-refractivity contribution < 1.29 is 53.4 Å². The van der Waals surface area contributed by atoms with E-state index in [-0.39, 0.29) is 36.9 Å². The molecule has 3 aliphatic rings. The van der Waals surface area contributed by atoms with Crippen molar-refractivity contribution >= 4 is 40.9 Å². The maximum absolute atomic E-state index is 14.8. The molecule has 0 spiro atoms. The lowest BCUT2D eigenvalue weighted by Crippen LogP contribution is -2.67. The Morgan fingerprint density at radius 3 is 2.53 bits per heavy atom. The summed E-state index contributed by atoms with van der Waals surface area (Å²) in [7, 11) is 0. The molecule has 0 bridgehead atoms. The molecule has 2 aromatic carbocycles. The van der Waals surface area contributed by atoms with Crippen LogP contribution in [0.4, 0.5) is 4.39 Å². The third-order valence-corrected chi connectivity index (χ3v) is 8.40. The summed E-state index contributed by atoms with van der Waals surface area (Å²) in [5.41, 5.74) is 1.64. The van der Waals surface area contributed by atoms with E-state index in [9.17, 15) is 29.6 Å². The maximum Gasteiger partial charge on any atom is 0.247 e. The first-order chi connectivity index (χ1) is 21.4. The predicted molar refractivity (Wildman–Crippen MR) is 159 cm³/mol. The summed E-state index contributed by atoms with van der Waals surface area (Å²) >= 11 is 12.0. The number of rotatable bonds is 9. The lowest BCUT2D eigenvalue weighted by atomic mass is 9.83. The zero-order valence-corrected chi connectivity index (χ0v) is 25.7. The molecule has 15 heteroatoms. The molecule has 5 N–H and O–H groups in total. The van der Waals surface area contributed by atoms with Gasteiger partial charge in [-0.05, 0) is 49.8 Å². The number of phenols is 1. The van der Waals surface area contributed by atoms with Gasteiger partial charge in [-0.2, -0.15) is 0 Å². The number of aliphatic hydroxyl groups is 3. The minimum absolute atomic E-state index is 0.0388. The molecule has 5 rings (SSSR count). The molecule has 2 heterocycles. The molecule has 45 heavy (non-hydrogen) atoms. The highest BCUT2D eigenvalue weighted by Crippen LogP contribution is 2.34. The summed E-state index contributed by atoms with van der Waals surface area (Å²) in [4.78, 5) is 18.2. The number of halogens is 3. The number of hydrogen-bond donors (Lipinski definition) is 5. The summed E-state index contributed by atoms with van der Waals surface area (Å²) in [6.45, 7) is 3.05. The van der Waals surface area contributed by atoms with Crippen molar-refractivity contribution in [1.82, 2.24) is 5.32 Å². The number of ether oxygens (including phenoxy) is 4. The third-order valence-electron chi connectivity index (χ3n) is 7.81. The molecule has 9 atom stereocenters. The van der Waals surface area contributed by atoms with Crippen LogP contribution >= 0.6 is 23.2 Å². The first kappa shape index (κ1) is 33.4. The van der Waals surface area contributed by atoms with Gasteiger partial charge in [0.1, 0.15) is 50.0 Å².